The molecular formula is C17H17ClN2. The Kier molecular flexibility index (Phi) is 5.03. The van der Waals surface area contributed by atoms with Gasteiger partial charge in [0.25, 0.3) is 0 Å². The molecule has 0 N–H and O–H groups in total. The minimum atomic E-state index is 0.498. The van der Waals surface area contributed by atoms with Crippen LogP contribution < -0.4 is 4.90 Å². The lowest BCUT2D eigenvalue weighted by Crippen LogP contribution is -2.23. The van der Waals surface area contributed by atoms with Crippen molar-refractivity contribution in [3.63, 3.8) is 0 Å². The van der Waals surface area contributed by atoms with Crippen LogP contribution in [0, 0.1) is 18.3 Å². The fourth-order valence-corrected chi connectivity index (χ4v) is 2.40. The Labute approximate surface area is 125 Å². The van der Waals surface area contributed by atoms with Gasteiger partial charge in [0.2, 0.25) is 0 Å². The number of anilines is 1. The highest BCUT2D eigenvalue weighted by molar-refractivity contribution is 6.31. The predicted molar refractivity (Wildman–Crippen MR) is 83.9 cm³/mol. The van der Waals surface area contributed by atoms with Gasteiger partial charge in [-0.15, -0.1) is 0 Å². The molecule has 3 heteroatoms. The van der Waals surface area contributed by atoms with E-state index >= 15 is 0 Å². The highest BCUT2D eigenvalue weighted by Crippen LogP contribution is 2.23. The average Bonchev–Trinajstić information content (AvgIpc) is 2.46. The summed E-state index contributed by atoms with van der Waals surface area (Å²) in [7, 11) is 0. The maximum atomic E-state index is 8.82. The van der Waals surface area contributed by atoms with Crippen molar-refractivity contribution >= 4 is 17.3 Å². The Morgan fingerprint density at radius 3 is 2.55 bits per heavy atom. The summed E-state index contributed by atoms with van der Waals surface area (Å²) in [6.45, 7) is 3.44. The smallest absolute Gasteiger partial charge is 0.0640 e. The standard InChI is InChI=1S/C17H17ClN2/c1-14-8-9-15(17(18)12-14)13-20(11-5-10-19)16-6-3-2-4-7-16/h2-4,6-9,12H,5,11,13H2,1H3. The molecule has 20 heavy (non-hydrogen) atoms. The third kappa shape index (κ3) is 3.76. The zero-order chi connectivity index (χ0) is 14.4. The largest absolute Gasteiger partial charge is 0.366 e. The van der Waals surface area contributed by atoms with Crippen LogP contribution in [0.25, 0.3) is 0 Å². The van der Waals surface area contributed by atoms with Gasteiger partial charge < -0.3 is 4.90 Å². The molecule has 2 aromatic rings. The first kappa shape index (κ1) is 14.4. The molecule has 2 rings (SSSR count). The molecule has 102 valence electrons. The van der Waals surface area contributed by atoms with E-state index in [-0.39, 0.29) is 0 Å². The van der Waals surface area contributed by atoms with Gasteiger partial charge in [0.15, 0.2) is 0 Å². The van der Waals surface area contributed by atoms with Gasteiger partial charge in [0, 0.05) is 23.8 Å². The van der Waals surface area contributed by atoms with Gasteiger partial charge in [-0.1, -0.05) is 41.9 Å². The first-order valence-electron chi connectivity index (χ1n) is 6.62. The predicted octanol–water partition coefficient (Wildman–Crippen LogP) is 4.57. The van der Waals surface area contributed by atoms with Crippen molar-refractivity contribution in [2.75, 3.05) is 11.4 Å². The SMILES string of the molecule is Cc1ccc(CN(CCC#N)c2ccccc2)c(Cl)c1. The van der Waals surface area contributed by atoms with Gasteiger partial charge in [-0.25, -0.2) is 0 Å². The second-order valence-corrected chi connectivity index (χ2v) is 5.17. The molecule has 0 heterocycles. The van der Waals surface area contributed by atoms with Gasteiger partial charge >= 0.3 is 0 Å². The Balaban J connectivity index is 2.22. The summed E-state index contributed by atoms with van der Waals surface area (Å²) in [6.07, 6.45) is 0.498. The van der Waals surface area contributed by atoms with Crippen molar-refractivity contribution in [1.82, 2.24) is 0 Å². The van der Waals surface area contributed by atoms with E-state index in [0.29, 0.717) is 19.5 Å². The third-order valence-corrected chi connectivity index (χ3v) is 3.54. The molecule has 0 saturated carbocycles. The van der Waals surface area contributed by atoms with E-state index in [1.54, 1.807) is 0 Å². The maximum Gasteiger partial charge on any atom is 0.0640 e. The number of rotatable bonds is 5. The number of para-hydroxylation sites is 1. The summed E-state index contributed by atoms with van der Waals surface area (Å²) in [6, 6.07) is 18.4. The number of nitrogens with zero attached hydrogens (tertiary/aromatic N) is 2. The normalized spacial score (nSPS) is 10.1. The third-order valence-electron chi connectivity index (χ3n) is 3.18. The summed E-state index contributed by atoms with van der Waals surface area (Å²) in [5, 5.41) is 9.60. The van der Waals surface area contributed by atoms with Crippen molar-refractivity contribution < 1.29 is 0 Å². The fraction of sp³-hybridized carbons (Fsp3) is 0.235. The van der Waals surface area contributed by atoms with Crippen LogP contribution in [0.5, 0.6) is 0 Å². The van der Waals surface area contributed by atoms with Crippen LogP contribution >= 0.6 is 11.6 Å². The molecular weight excluding hydrogens is 268 g/mol. The lowest BCUT2D eigenvalue weighted by molar-refractivity contribution is 0.798. The second-order valence-electron chi connectivity index (χ2n) is 4.76. The number of aryl methyl sites for hydroxylation is 1. The highest BCUT2D eigenvalue weighted by Gasteiger charge is 2.09. The summed E-state index contributed by atoms with van der Waals surface area (Å²) < 4.78 is 0. The lowest BCUT2D eigenvalue weighted by atomic mass is 10.1. The molecule has 0 spiro atoms. The van der Waals surface area contributed by atoms with Crippen molar-refractivity contribution in [3.05, 3.63) is 64.7 Å². The zero-order valence-corrected chi connectivity index (χ0v) is 12.3. The van der Waals surface area contributed by atoms with Crippen LogP contribution in [0.15, 0.2) is 48.5 Å². The first-order valence-corrected chi connectivity index (χ1v) is 7.00. The molecule has 0 amide bonds. The van der Waals surface area contributed by atoms with Crippen molar-refractivity contribution in [3.8, 4) is 6.07 Å². The lowest BCUT2D eigenvalue weighted by Gasteiger charge is -2.24. The number of halogens is 1. The van der Waals surface area contributed by atoms with Crippen LogP contribution in [0.2, 0.25) is 5.02 Å². The molecule has 0 aliphatic heterocycles. The Hall–Kier alpha value is -1.98. The summed E-state index contributed by atoms with van der Waals surface area (Å²) in [5.74, 6) is 0. The Bertz CT molecular complexity index is 602. The molecule has 0 atom stereocenters. The van der Waals surface area contributed by atoms with Crippen LogP contribution in [0.1, 0.15) is 17.5 Å². The topological polar surface area (TPSA) is 27.0 Å². The Morgan fingerprint density at radius 1 is 1.15 bits per heavy atom. The molecule has 0 unspecified atom stereocenters. The Morgan fingerprint density at radius 2 is 1.90 bits per heavy atom. The molecule has 0 fully saturated rings. The van der Waals surface area contributed by atoms with Crippen LogP contribution in [-0.2, 0) is 6.54 Å². The van der Waals surface area contributed by atoms with Crippen molar-refractivity contribution in [2.24, 2.45) is 0 Å². The van der Waals surface area contributed by atoms with E-state index in [1.165, 1.54) is 0 Å². The van der Waals surface area contributed by atoms with Gasteiger partial charge in [-0.05, 0) is 36.2 Å². The molecule has 0 aliphatic carbocycles. The number of benzene rings is 2. The molecule has 2 nitrogen and oxygen atoms in total. The summed E-state index contributed by atoms with van der Waals surface area (Å²) in [5.41, 5.74) is 3.35. The minimum absolute atomic E-state index is 0.498. The molecule has 0 radical (unpaired) electrons. The average molecular weight is 285 g/mol. The molecule has 0 saturated heterocycles. The minimum Gasteiger partial charge on any atom is -0.366 e. The summed E-state index contributed by atoms with van der Waals surface area (Å²) >= 11 is 6.30. The summed E-state index contributed by atoms with van der Waals surface area (Å²) in [4.78, 5) is 2.18. The molecule has 2 aromatic carbocycles. The monoisotopic (exact) mass is 284 g/mol. The van der Waals surface area contributed by atoms with E-state index in [1.807, 2.05) is 31.2 Å². The quantitative estimate of drug-likeness (QED) is 0.804. The maximum absolute atomic E-state index is 8.82. The number of hydrogen-bond acceptors (Lipinski definition) is 2. The molecule has 0 aliphatic rings. The fourth-order valence-electron chi connectivity index (χ4n) is 2.11. The first-order chi connectivity index (χ1) is 9.70. The second kappa shape index (κ2) is 6.98. The van der Waals surface area contributed by atoms with Crippen LogP contribution in [0.4, 0.5) is 5.69 Å². The van der Waals surface area contributed by atoms with Crippen molar-refractivity contribution in [1.29, 1.82) is 5.26 Å². The molecule has 0 bridgehead atoms. The van der Waals surface area contributed by atoms with Crippen LogP contribution in [-0.4, -0.2) is 6.54 Å². The van der Waals surface area contributed by atoms with E-state index in [9.17, 15) is 0 Å². The van der Waals surface area contributed by atoms with E-state index < -0.39 is 0 Å². The van der Waals surface area contributed by atoms with E-state index in [4.69, 9.17) is 16.9 Å². The number of hydrogen-bond donors (Lipinski definition) is 0. The van der Waals surface area contributed by atoms with E-state index in [0.717, 1.165) is 21.8 Å². The van der Waals surface area contributed by atoms with Crippen molar-refractivity contribution in [2.45, 2.75) is 19.9 Å². The number of nitriles is 1. The highest BCUT2D eigenvalue weighted by atomic mass is 35.5. The zero-order valence-electron chi connectivity index (χ0n) is 11.5. The van der Waals surface area contributed by atoms with Crippen LogP contribution in [0.3, 0.4) is 0 Å². The van der Waals surface area contributed by atoms with E-state index in [2.05, 4.69) is 35.2 Å². The molecule has 0 aromatic heterocycles. The van der Waals surface area contributed by atoms with Gasteiger partial charge in [0.05, 0.1) is 12.5 Å². The van der Waals surface area contributed by atoms with Gasteiger partial charge in [-0.3, -0.25) is 0 Å². The van der Waals surface area contributed by atoms with Gasteiger partial charge in [-0.2, -0.15) is 5.26 Å². The van der Waals surface area contributed by atoms with Gasteiger partial charge in [0.1, 0.15) is 0 Å².